The van der Waals surface area contributed by atoms with Crippen molar-refractivity contribution in [1.29, 1.82) is 0 Å². The number of benzene rings is 2. The maximum atomic E-state index is 12.3. The molecular formula is C20H22O5. The third-order valence-corrected chi connectivity index (χ3v) is 3.85. The lowest BCUT2D eigenvalue weighted by Gasteiger charge is -2.12. The topological polar surface area (TPSA) is 65.0 Å². The number of methoxy groups -OCH3 is 3. The van der Waals surface area contributed by atoms with Gasteiger partial charge in [0.25, 0.3) is 0 Å². The van der Waals surface area contributed by atoms with Crippen molar-refractivity contribution in [2.75, 3.05) is 21.3 Å². The van der Waals surface area contributed by atoms with Gasteiger partial charge in [-0.15, -0.1) is 0 Å². The molecule has 2 aromatic rings. The molecule has 2 rings (SSSR count). The summed E-state index contributed by atoms with van der Waals surface area (Å²) in [7, 11) is 4.59. The zero-order valence-electron chi connectivity index (χ0n) is 14.8. The van der Waals surface area contributed by atoms with Gasteiger partial charge in [0.15, 0.2) is 17.3 Å². The summed E-state index contributed by atoms with van der Waals surface area (Å²) in [6.45, 7) is 1.99. The maximum Gasteiger partial charge on any atom is 0.203 e. The van der Waals surface area contributed by atoms with Gasteiger partial charge < -0.3 is 19.3 Å². The molecule has 5 heteroatoms. The van der Waals surface area contributed by atoms with Crippen molar-refractivity contribution < 1.29 is 24.1 Å². The van der Waals surface area contributed by atoms with Crippen LogP contribution in [0, 0.1) is 0 Å². The molecule has 5 nitrogen and oxygen atoms in total. The van der Waals surface area contributed by atoms with Crippen molar-refractivity contribution in [2.45, 2.75) is 13.3 Å². The molecule has 0 saturated carbocycles. The van der Waals surface area contributed by atoms with Crippen LogP contribution in [0.1, 0.15) is 28.4 Å². The number of ketones is 1. The number of carbonyl (C=O) groups excluding carboxylic acids is 1. The van der Waals surface area contributed by atoms with E-state index in [9.17, 15) is 9.90 Å². The second-order valence-corrected chi connectivity index (χ2v) is 5.36. The van der Waals surface area contributed by atoms with Gasteiger partial charge in [-0.25, -0.2) is 0 Å². The molecular weight excluding hydrogens is 320 g/mol. The molecule has 0 amide bonds. The number of allylic oxidation sites excluding steroid dienone is 1. The Labute approximate surface area is 147 Å². The zero-order chi connectivity index (χ0) is 18.4. The number of aryl methyl sites for hydroxylation is 1. The molecule has 25 heavy (non-hydrogen) atoms. The number of hydrogen-bond acceptors (Lipinski definition) is 5. The van der Waals surface area contributed by atoms with Crippen LogP contribution in [-0.2, 0) is 6.42 Å². The van der Waals surface area contributed by atoms with Crippen molar-refractivity contribution in [3.05, 3.63) is 53.1 Å². The SMILES string of the molecule is CCc1ccc(C(=O)C=Cc2cc(OC)c(OC)c(OC)c2)c(O)c1. The highest BCUT2D eigenvalue weighted by Gasteiger charge is 2.13. The monoisotopic (exact) mass is 342 g/mol. The Bertz CT molecular complexity index is 768. The van der Waals surface area contributed by atoms with Crippen molar-refractivity contribution in [2.24, 2.45) is 0 Å². The highest BCUT2D eigenvalue weighted by atomic mass is 16.5. The van der Waals surface area contributed by atoms with E-state index in [2.05, 4.69) is 0 Å². The predicted octanol–water partition coefficient (Wildman–Crippen LogP) is 3.88. The van der Waals surface area contributed by atoms with E-state index in [1.54, 1.807) is 30.3 Å². The largest absolute Gasteiger partial charge is 0.507 e. The number of aromatic hydroxyl groups is 1. The van der Waals surface area contributed by atoms with E-state index in [4.69, 9.17) is 14.2 Å². The van der Waals surface area contributed by atoms with Crippen LogP contribution in [0.3, 0.4) is 0 Å². The van der Waals surface area contributed by atoms with E-state index in [0.717, 1.165) is 12.0 Å². The van der Waals surface area contributed by atoms with Gasteiger partial charge in [0.1, 0.15) is 5.75 Å². The Morgan fingerprint density at radius 1 is 1.04 bits per heavy atom. The second kappa shape index (κ2) is 8.24. The molecule has 0 aliphatic rings. The van der Waals surface area contributed by atoms with Crippen LogP contribution in [-0.4, -0.2) is 32.2 Å². The first-order valence-corrected chi connectivity index (χ1v) is 7.88. The molecule has 0 saturated heterocycles. The minimum atomic E-state index is -0.283. The molecule has 0 fully saturated rings. The normalized spacial score (nSPS) is 10.7. The molecule has 0 spiro atoms. The summed E-state index contributed by atoms with van der Waals surface area (Å²) in [6.07, 6.45) is 3.84. The third-order valence-electron chi connectivity index (χ3n) is 3.85. The number of phenols is 1. The van der Waals surface area contributed by atoms with Crippen LogP contribution < -0.4 is 14.2 Å². The van der Waals surface area contributed by atoms with Crippen molar-refractivity contribution >= 4 is 11.9 Å². The Balaban J connectivity index is 2.31. The zero-order valence-corrected chi connectivity index (χ0v) is 14.8. The molecule has 0 heterocycles. The van der Waals surface area contributed by atoms with Gasteiger partial charge in [-0.05, 0) is 47.9 Å². The van der Waals surface area contributed by atoms with E-state index in [1.807, 2.05) is 13.0 Å². The average Bonchev–Trinajstić information content (AvgIpc) is 2.64. The lowest BCUT2D eigenvalue weighted by molar-refractivity contribution is 0.104. The first-order chi connectivity index (χ1) is 12.0. The second-order valence-electron chi connectivity index (χ2n) is 5.36. The Morgan fingerprint density at radius 2 is 1.68 bits per heavy atom. The predicted molar refractivity (Wildman–Crippen MR) is 96.9 cm³/mol. The van der Waals surface area contributed by atoms with Gasteiger partial charge in [0.2, 0.25) is 5.75 Å². The highest BCUT2D eigenvalue weighted by Crippen LogP contribution is 2.38. The van der Waals surface area contributed by atoms with E-state index >= 15 is 0 Å². The van der Waals surface area contributed by atoms with Crippen LogP contribution in [0.2, 0.25) is 0 Å². The summed E-state index contributed by atoms with van der Waals surface area (Å²) in [5.74, 6) is 1.20. The van der Waals surface area contributed by atoms with E-state index < -0.39 is 0 Å². The van der Waals surface area contributed by atoms with Crippen molar-refractivity contribution in [3.63, 3.8) is 0 Å². The number of carbonyl (C=O) groups is 1. The van der Waals surface area contributed by atoms with E-state index in [0.29, 0.717) is 22.8 Å². The average molecular weight is 342 g/mol. The quantitative estimate of drug-likeness (QED) is 0.611. The van der Waals surface area contributed by atoms with Crippen LogP contribution in [0.15, 0.2) is 36.4 Å². The van der Waals surface area contributed by atoms with Gasteiger partial charge in [-0.1, -0.05) is 19.1 Å². The molecule has 1 N–H and O–H groups in total. The maximum absolute atomic E-state index is 12.3. The smallest absolute Gasteiger partial charge is 0.203 e. The molecule has 132 valence electrons. The lowest BCUT2D eigenvalue weighted by Crippen LogP contribution is -1.97. The fraction of sp³-hybridized carbons (Fsp3) is 0.250. The fourth-order valence-corrected chi connectivity index (χ4v) is 2.46. The van der Waals surface area contributed by atoms with E-state index in [1.165, 1.54) is 27.4 Å². The molecule has 0 radical (unpaired) electrons. The van der Waals surface area contributed by atoms with Gasteiger partial charge in [0.05, 0.1) is 26.9 Å². The number of phenolic OH excluding ortho intramolecular Hbond substituents is 1. The lowest BCUT2D eigenvalue weighted by atomic mass is 10.0. The van der Waals surface area contributed by atoms with Gasteiger partial charge >= 0.3 is 0 Å². The van der Waals surface area contributed by atoms with Crippen LogP contribution >= 0.6 is 0 Å². The fourth-order valence-electron chi connectivity index (χ4n) is 2.46. The number of rotatable bonds is 7. The summed E-state index contributed by atoms with van der Waals surface area (Å²) in [4.78, 5) is 12.3. The molecule has 0 aliphatic heterocycles. The number of ether oxygens (including phenoxy) is 3. The van der Waals surface area contributed by atoms with Gasteiger partial charge in [-0.2, -0.15) is 0 Å². The van der Waals surface area contributed by atoms with Crippen LogP contribution in [0.5, 0.6) is 23.0 Å². The van der Waals surface area contributed by atoms with Crippen LogP contribution in [0.25, 0.3) is 6.08 Å². The molecule has 2 aromatic carbocycles. The summed E-state index contributed by atoms with van der Waals surface area (Å²) in [5, 5.41) is 10.0. The highest BCUT2D eigenvalue weighted by molar-refractivity contribution is 6.08. The van der Waals surface area contributed by atoms with E-state index in [-0.39, 0.29) is 17.1 Å². The number of hydrogen-bond donors (Lipinski definition) is 1. The van der Waals surface area contributed by atoms with Crippen molar-refractivity contribution in [3.8, 4) is 23.0 Å². The minimum Gasteiger partial charge on any atom is -0.507 e. The molecule has 0 unspecified atom stereocenters. The summed E-state index contributed by atoms with van der Waals surface area (Å²) in [6, 6.07) is 8.56. The Kier molecular flexibility index (Phi) is 6.06. The first-order valence-electron chi connectivity index (χ1n) is 7.88. The van der Waals surface area contributed by atoms with Gasteiger partial charge in [0, 0.05) is 0 Å². The first kappa shape index (κ1) is 18.4. The molecule has 0 aromatic heterocycles. The van der Waals surface area contributed by atoms with Crippen molar-refractivity contribution in [1.82, 2.24) is 0 Å². The third kappa shape index (κ3) is 4.12. The molecule has 0 bridgehead atoms. The molecule has 0 aliphatic carbocycles. The van der Waals surface area contributed by atoms with Gasteiger partial charge in [-0.3, -0.25) is 4.79 Å². The standard InChI is InChI=1S/C20H22O5/c1-5-13-6-8-15(17(22)10-13)16(21)9-7-14-11-18(23-2)20(25-4)19(12-14)24-3/h6-12,22H,5H2,1-4H3. The summed E-state index contributed by atoms with van der Waals surface area (Å²) >= 11 is 0. The van der Waals surface area contributed by atoms with Crippen LogP contribution in [0.4, 0.5) is 0 Å². The Hall–Kier alpha value is -2.95. The minimum absolute atomic E-state index is 0.0149. The Morgan fingerprint density at radius 3 is 2.16 bits per heavy atom. The summed E-state index contributed by atoms with van der Waals surface area (Å²) < 4.78 is 15.9. The summed E-state index contributed by atoms with van der Waals surface area (Å²) in [5.41, 5.74) is 1.95. The molecule has 0 atom stereocenters.